The molecular formula is C11H17ClN8. The van der Waals surface area contributed by atoms with E-state index in [0.29, 0.717) is 11.9 Å². The molecule has 2 heterocycles. The summed E-state index contributed by atoms with van der Waals surface area (Å²) in [4.78, 5) is 20.4. The van der Waals surface area contributed by atoms with Gasteiger partial charge >= 0.3 is 0 Å². The van der Waals surface area contributed by atoms with Gasteiger partial charge in [0.25, 0.3) is 5.95 Å². The Morgan fingerprint density at radius 3 is 2.60 bits per heavy atom. The molecule has 2 rings (SSSR count). The Bertz CT molecular complexity index is 541. The highest BCUT2D eigenvalue weighted by Crippen LogP contribution is 2.11. The fourth-order valence-corrected chi connectivity index (χ4v) is 1.79. The minimum Gasteiger partial charge on any atom is -0.344 e. The maximum Gasteiger partial charge on any atom is 0.258 e. The van der Waals surface area contributed by atoms with E-state index in [0.717, 1.165) is 19.5 Å². The number of halogens is 1. The summed E-state index contributed by atoms with van der Waals surface area (Å²) in [5.41, 5.74) is 0. The lowest BCUT2D eigenvalue weighted by Gasteiger charge is -2.18. The Morgan fingerprint density at radius 1 is 1.15 bits per heavy atom. The molecule has 2 aromatic heterocycles. The molecular weight excluding hydrogens is 280 g/mol. The van der Waals surface area contributed by atoms with E-state index in [2.05, 4.69) is 29.9 Å². The topological polar surface area (TPSA) is 75.9 Å². The van der Waals surface area contributed by atoms with Crippen molar-refractivity contribution in [1.82, 2.24) is 34.6 Å². The molecule has 0 bridgehead atoms. The van der Waals surface area contributed by atoms with Crippen LogP contribution in [0, 0.1) is 0 Å². The van der Waals surface area contributed by atoms with E-state index in [4.69, 9.17) is 11.6 Å². The molecule has 0 radical (unpaired) electrons. The van der Waals surface area contributed by atoms with Crippen LogP contribution in [0.5, 0.6) is 0 Å². The Hall–Kier alpha value is -1.80. The Kier molecular flexibility index (Phi) is 4.80. The summed E-state index contributed by atoms with van der Waals surface area (Å²) < 4.78 is 1.45. The van der Waals surface area contributed by atoms with Crippen LogP contribution >= 0.6 is 11.6 Å². The molecule has 2 aromatic rings. The largest absolute Gasteiger partial charge is 0.344 e. The average Bonchev–Trinajstić information content (AvgIpc) is 2.91. The minimum absolute atomic E-state index is 0.139. The molecule has 0 spiro atoms. The summed E-state index contributed by atoms with van der Waals surface area (Å²) >= 11 is 5.94. The number of hydrogen-bond acceptors (Lipinski definition) is 7. The van der Waals surface area contributed by atoms with Gasteiger partial charge in [0.05, 0.1) is 0 Å². The van der Waals surface area contributed by atoms with Gasteiger partial charge in [0, 0.05) is 13.6 Å². The lowest BCUT2D eigenvalue weighted by atomic mass is 10.4. The van der Waals surface area contributed by atoms with E-state index in [9.17, 15) is 0 Å². The van der Waals surface area contributed by atoms with Gasteiger partial charge in [0.15, 0.2) is 0 Å². The summed E-state index contributed by atoms with van der Waals surface area (Å²) in [6.07, 6.45) is 3.94. The fourth-order valence-electron chi connectivity index (χ4n) is 1.64. The maximum atomic E-state index is 5.94. The van der Waals surface area contributed by atoms with E-state index in [1.807, 2.05) is 26.0 Å². The Balaban J connectivity index is 2.11. The van der Waals surface area contributed by atoms with Gasteiger partial charge in [0.2, 0.25) is 11.2 Å². The third-order valence-corrected chi connectivity index (χ3v) is 2.82. The van der Waals surface area contributed by atoms with Crippen molar-refractivity contribution in [2.24, 2.45) is 0 Å². The second-order valence-electron chi connectivity index (χ2n) is 4.62. The van der Waals surface area contributed by atoms with E-state index in [1.165, 1.54) is 17.3 Å². The van der Waals surface area contributed by atoms with Gasteiger partial charge in [-0.25, -0.2) is 4.98 Å². The highest BCUT2D eigenvalue weighted by Gasteiger charge is 2.11. The number of hydrogen-bond donors (Lipinski definition) is 0. The first-order valence-electron chi connectivity index (χ1n) is 6.18. The molecule has 0 aliphatic rings. The first kappa shape index (κ1) is 14.6. The molecule has 9 heteroatoms. The van der Waals surface area contributed by atoms with Gasteiger partial charge < -0.3 is 9.80 Å². The van der Waals surface area contributed by atoms with Crippen molar-refractivity contribution in [2.75, 3.05) is 39.1 Å². The molecule has 108 valence electrons. The van der Waals surface area contributed by atoms with E-state index in [-0.39, 0.29) is 5.28 Å². The molecule has 0 atom stereocenters. The molecule has 0 aliphatic carbocycles. The summed E-state index contributed by atoms with van der Waals surface area (Å²) in [5.74, 6) is 0.881. The van der Waals surface area contributed by atoms with Crippen molar-refractivity contribution in [2.45, 2.75) is 6.42 Å². The van der Waals surface area contributed by atoms with Crippen molar-refractivity contribution in [3.63, 3.8) is 0 Å². The van der Waals surface area contributed by atoms with E-state index in [1.54, 1.807) is 0 Å². The molecule has 0 aromatic carbocycles. The molecule has 0 aliphatic heterocycles. The number of anilines is 1. The maximum absolute atomic E-state index is 5.94. The predicted octanol–water partition coefficient (Wildman–Crippen LogP) is 0.494. The number of nitrogens with zero attached hydrogens (tertiary/aromatic N) is 8. The normalized spacial score (nSPS) is 11.1. The fraction of sp³-hybridized carbons (Fsp3) is 0.545. The Morgan fingerprint density at radius 2 is 1.95 bits per heavy atom. The molecule has 0 fully saturated rings. The van der Waals surface area contributed by atoms with Crippen LogP contribution in [-0.2, 0) is 0 Å². The van der Waals surface area contributed by atoms with Crippen LogP contribution in [0.1, 0.15) is 6.42 Å². The van der Waals surface area contributed by atoms with Crippen molar-refractivity contribution in [1.29, 1.82) is 0 Å². The number of aromatic nitrogens is 6. The van der Waals surface area contributed by atoms with Crippen LogP contribution in [0.4, 0.5) is 5.95 Å². The van der Waals surface area contributed by atoms with Crippen molar-refractivity contribution in [3.8, 4) is 5.95 Å². The van der Waals surface area contributed by atoms with Gasteiger partial charge in [-0.2, -0.15) is 24.7 Å². The lowest BCUT2D eigenvalue weighted by molar-refractivity contribution is 0.401. The standard InChI is InChI=1S/C11H17ClN8/c1-18(2)5-4-6-19(3)10-15-9(12)16-11(17-10)20-8-13-7-14-20/h7-8H,4-6H2,1-3H3. The van der Waals surface area contributed by atoms with Crippen LogP contribution in [0.15, 0.2) is 12.7 Å². The van der Waals surface area contributed by atoms with Gasteiger partial charge in [0.1, 0.15) is 12.7 Å². The first-order chi connectivity index (χ1) is 9.56. The zero-order chi connectivity index (χ0) is 14.5. The summed E-state index contributed by atoms with van der Waals surface area (Å²) in [6.45, 7) is 1.83. The highest BCUT2D eigenvalue weighted by atomic mass is 35.5. The SMILES string of the molecule is CN(C)CCCN(C)c1nc(Cl)nc(-n2cncn2)n1. The smallest absolute Gasteiger partial charge is 0.258 e. The van der Waals surface area contributed by atoms with Gasteiger partial charge in [-0.1, -0.05) is 0 Å². The molecule has 0 saturated carbocycles. The summed E-state index contributed by atoms with van der Waals surface area (Å²) in [5, 5.41) is 4.12. The molecule has 20 heavy (non-hydrogen) atoms. The van der Waals surface area contributed by atoms with E-state index < -0.39 is 0 Å². The van der Waals surface area contributed by atoms with Crippen LogP contribution in [0.2, 0.25) is 5.28 Å². The van der Waals surface area contributed by atoms with Gasteiger partial charge in [-0.15, -0.1) is 0 Å². The molecule has 0 unspecified atom stereocenters. The second-order valence-corrected chi connectivity index (χ2v) is 4.96. The van der Waals surface area contributed by atoms with Crippen molar-refractivity contribution < 1.29 is 0 Å². The van der Waals surface area contributed by atoms with E-state index >= 15 is 0 Å². The summed E-state index contributed by atoms with van der Waals surface area (Å²) in [7, 11) is 6.01. The zero-order valence-electron chi connectivity index (χ0n) is 11.7. The van der Waals surface area contributed by atoms with Crippen LogP contribution in [0.25, 0.3) is 5.95 Å². The Labute approximate surface area is 122 Å². The summed E-state index contributed by atoms with van der Waals surface area (Å²) in [6, 6.07) is 0. The lowest BCUT2D eigenvalue weighted by Crippen LogP contribution is -2.25. The molecule has 0 saturated heterocycles. The monoisotopic (exact) mass is 296 g/mol. The first-order valence-corrected chi connectivity index (χ1v) is 6.56. The average molecular weight is 297 g/mol. The van der Waals surface area contributed by atoms with Gasteiger partial charge in [-0.05, 0) is 38.7 Å². The third kappa shape index (κ3) is 3.84. The van der Waals surface area contributed by atoms with Crippen LogP contribution < -0.4 is 4.90 Å². The molecule has 0 N–H and O–H groups in total. The zero-order valence-corrected chi connectivity index (χ0v) is 12.5. The van der Waals surface area contributed by atoms with Crippen molar-refractivity contribution >= 4 is 17.5 Å². The quantitative estimate of drug-likeness (QED) is 0.768. The highest BCUT2D eigenvalue weighted by molar-refractivity contribution is 6.28. The predicted molar refractivity (Wildman–Crippen MR) is 76.2 cm³/mol. The number of rotatable bonds is 6. The second kappa shape index (κ2) is 6.58. The third-order valence-electron chi connectivity index (χ3n) is 2.65. The minimum atomic E-state index is 0.139. The van der Waals surface area contributed by atoms with Crippen molar-refractivity contribution in [3.05, 3.63) is 17.9 Å². The van der Waals surface area contributed by atoms with Crippen LogP contribution in [0.3, 0.4) is 0 Å². The molecule has 0 amide bonds. The molecule has 8 nitrogen and oxygen atoms in total. The van der Waals surface area contributed by atoms with Crippen LogP contribution in [-0.4, -0.2) is 68.8 Å². The van der Waals surface area contributed by atoms with Gasteiger partial charge in [-0.3, -0.25) is 0 Å².